The number of hydrogen-bond acceptors (Lipinski definition) is 2. The number of ether oxygens (including phenoxy) is 1. The first-order valence-corrected chi connectivity index (χ1v) is 6.88. The van der Waals surface area contributed by atoms with Gasteiger partial charge in [-0.05, 0) is 55.0 Å². The van der Waals surface area contributed by atoms with E-state index in [4.69, 9.17) is 4.74 Å². The van der Waals surface area contributed by atoms with Crippen LogP contribution in [0.4, 0.5) is 0 Å². The van der Waals surface area contributed by atoms with Crippen LogP contribution in [0.2, 0.25) is 0 Å². The molecule has 0 radical (unpaired) electrons. The van der Waals surface area contributed by atoms with E-state index in [-0.39, 0.29) is 0 Å². The second kappa shape index (κ2) is 5.61. The smallest absolute Gasteiger partial charge is 0.121 e. The molecule has 0 heterocycles. The SMILES string of the molecule is COc1ccc(Sc2ccc(Br)cc2)cc1C. The zero-order chi connectivity index (χ0) is 12.3. The lowest BCUT2D eigenvalue weighted by Gasteiger charge is -2.07. The first kappa shape index (κ1) is 12.5. The zero-order valence-corrected chi connectivity index (χ0v) is 12.1. The fraction of sp³-hybridized carbons (Fsp3) is 0.143. The molecule has 2 aromatic rings. The van der Waals surface area contributed by atoms with Crippen LogP contribution in [0.15, 0.2) is 56.7 Å². The van der Waals surface area contributed by atoms with Crippen molar-refractivity contribution < 1.29 is 4.74 Å². The molecule has 3 heteroatoms. The van der Waals surface area contributed by atoms with E-state index in [1.807, 2.05) is 6.07 Å². The van der Waals surface area contributed by atoms with Gasteiger partial charge in [0.25, 0.3) is 0 Å². The normalized spacial score (nSPS) is 10.3. The first-order valence-electron chi connectivity index (χ1n) is 5.27. The summed E-state index contributed by atoms with van der Waals surface area (Å²) < 4.78 is 6.35. The highest BCUT2D eigenvalue weighted by Gasteiger charge is 2.01. The Morgan fingerprint density at radius 1 is 1.00 bits per heavy atom. The minimum absolute atomic E-state index is 0.935. The second-order valence-electron chi connectivity index (χ2n) is 3.69. The number of aryl methyl sites for hydroxylation is 1. The maximum Gasteiger partial charge on any atom is 0.121 e. The van der Waals surface area contributed by atoms with Crippen LogP contribution >= 0.6 is 27.7 Å². The van der Waals surface area contributed by atoms with Crippen molar-refractivity contribution in [2.45, 2.75) is 16.7 Å². The molecule has 0 aliphatic heterocycles. The van der Waals surface area contributed by atoms with E-state index in [9.17, 15) is 0 Å². The third-order valence-corrected chi connectivity index (χ3v) is 3.94. The standard InChI is InChI=1S/C14H13BrOS/c1-10-9-13(7-8-14(10)16-2)17-12-5-3-11(15)4-6-12/h3-9H,1-2H3. The monoisotopic (exact) mass is 308 g/mol. The van der Waals surface area contributed by atoms with Gasteiger partial charge in [-0.2, -0.15) is 0 Å². The van der Waals surface area contributed by atoms with Crippen molar-refractivity contribution >= 4 is 27.7 Å². The number of methoxy groups -OCH3 is 1. The molecule has 0 saturated heterocycles. The lowest BCUT2D eigenvalue weighted by atomic mass is 10.2. The Kier molecular flexibility index (Phi) is 4.13. The van der Waals surface area contributed by atoms with Crippen LogP contribution in [-0.4, -0.2) is 7.11 Å². The molecular weight excluding hydrogens is 296 g/mol. The predicted molar refractivity (Wildman–Crippen MR) is 76.0 cm³/mol. The van der Waals surface area contributed by atoms with Crippen molar-refractivity contribution in [3.8, 4) is 5.75 Å². The number of halogens is 1. The Morgan fingerprint density at radius 3 is 2.24 bits per heavy atom. The Hall–Kier alpha value is -0.930. The van der Waals surface area contributed by atoms with Gasteiger partial charge in [-0.1, -0.05) is 27.7 Å². The van der Waals surface area contributed by atoms with Crippen molar-refractivity contribution in [2.75, 3.05) is 7.11 Å². The highest BCUT2D eigenvalue weighted by molar-refractivity contribution is 9.10. The summed E-state index contributed by atoms with van der Waals surface area (Å²) >= 11 is 5.19. The number of hydrogen-bond donors (Lipinski definition) is 0. The van der Waals surface area contributed by atoms with Crippen molar-refractivity contribution in [2.24, 2.45) is 0 Å². The van der Waals surface area contributed by atoms with Crippen molar-refractivity contribution in [1.29, 1.82) is 0 Å². The summed E-state index contributed by atoms with van der Waals surface area (Å²) in [4.78, 5) is 2.46. The summed E-state index contributed by atoms with van der Waals surface area (Å²) in [6, 6.07) is 14.6. The quantitative estimate of drug-likeness (QED) is 0.796. The molecule has 0 aliphatic rings. The summed E-state index contributed by atoms with van der Waals surface area (Å²) in [6.45, 7) is 2.06. The summed E-state index contributed by atoms with van der Waals surface area (Å²) in [6.07, 6.45) is 0. The fourth-order valence-corrected chi connectivity index (χ4v) is 2.73. The minimum Gasteiger partial charge on any atom is -0.496 e. The average Bonchev–Trinajstić information content (AvgIpc) is 2.32. The lowest BCUT2D eigenvalue weighted by molar-refractivity contribution is 0.411. The van der Waals surface area contributed by atoms with Crippen LogP contribution in [0, 0.1) is 6.92 Å². The van der Waals surface area contributed by atoms with Gasteiger partial charge in [0.2, 0.25) is 0 Å². The Bertz CT molecular complexity index is 508. The van der Waals surface area contributed by atoms with Gasteiger partial charge in [-0.25, -0.2) is 0 Å². The largest absolute Gasteiger partial charge is 0.496 e. The molecule has 0 bridgehead atoms. The number of benzene rings is 2. The molecule has 0 amide bonds. The highest BCUT2D eigenvalue weighted by Crippen LogP contribution is 2.31. The molecule has 2 aromatic carbocycles. The molecule has 0 unspecified atom stereocenters. The van der Waals surface area contributed by atoms with Crippen LogP contribution in [0.25, 0.3) is 0 Å². The van der Waals surface area contributed by atoms with Crippen molar-refractivity contribution in [3.63, 3.8) is 0 Å². The van der Waals surface area contributed by atoms with Gasteiger partial charge in [-0.3, -0.25) is 0 Å². The van der Waals surface area contributed by atoms with Crippen LogP contribution in [-0.2, 0) is 0 Å². The van der Waals surface area contributed by atoms with E-state index < -0.39 is 0 Å². The van der Waals surface area contributed by atoms with Crippen LogP contribution < -0.4 is 4.74 Å². The van der Waals surface area contributed by atoms with E-state index in [0.29, 0.717) is 0 Å². The summed E-state index contributed by atoms with van der Waals surface area (Å²) in [5.41, 5.74) is 1.16. The maximum atomic E-state index is 5.25. The molecule has 0 saturated carbocycles. The third-order valence-electron chi connectivity index (χ3n) is 2.42. The van der Waals surface area contributed by atoms with E-state index >= 15 is 0 Å². The van der Waals surface area contributed by atoms with Crippen LogP contribution in [0.5, 0.6) is 5.75 Å². The van der Waals surface area contributed by atoms with Crippen LogP contribution in [0.3, 0.4) is 0 Å². The second-order valence-corrected chi connectivity index (χ2v) is 5.75. The Balaban J connectivity index is 2.19. The van der Waals surface area contributed by atoms with Gasteiger partial charge in [-0.15, -0.1) is 0 Å². The molecule has 0 spiro atoms. The molecule has 0 aliphatic carbocycles. The molecular formula is C14H13BrOS. The summed E-state index contributed by atoms with van der Waals surface area (Å²) in [5, 5.41) is 0. The van der Waals surface area contributed by atoms with Gasteiger partial charge >= 0.3 is 0 Å². The van der Waals surface area contributed by atoms with E-state index in [1.54, 1.807) is 18.9 Å². The van der Waals surface area contributed by atoms with Crippen LogP contribution in [0.1, 0.15) is 5.56 Å². The molecule has 1 nitrogen and oxygen atoms in total. The van der Waals surface area contributed by atoms with Gasteiger partial charge < -0.3 is 4.74 Å². The fourth-order valence-electron chi connectivity index (χ4n) is 1.55. The Labute approximate surface area is 114 Å². The van der Waals surface area contributed by atoms with Gasteiger partial charge in [0.15, 0.2) is 0 Å². The third kappa shape index (κ3) is 3.27. The molecule has 0 N–H and O–H groups in total. The Morgan fingerprint density at radius 2 is 1.65 bits per heavy atom. The average molecular weight is 309 g/mol. The summed E-state index contributed by atoms with van der Waals surface area (Å²) in [5.74, 6) is 0.935. The van der Waals surface area contributed by atoms with Gasteiger partial charge in [0, 0.05) is 14.3 Å². The molecule has 0 atom stereocenters. The molecule has 0 fully saturated rings. The maximum absolute atomic E-state index is 5.25. The molecule has 17 heavy (non-hydrogen) atoms. The predicted octanol–water partition coefficient (Wildman–Crippen LogP) is 4.92. The highest BCUT2D eigenvalue weighted by atomic mass is 79.9. The van der Waals surface area contributed by atoms with E-state index in [2.05, 4.69) is 59.3 Å². The minimum atomic E-state index is 0.935. The molecule has 88 valence electrons. The first-order chi connectivity index (χ1) is 8.19. The van der Waals surface area contributed by atoms with E-state index in [0.717, 1.165) is 15.8 Å². The molecule has 0 aromatic heterocycles. The summed E-state index contributed by atoms with van der Waals surface area (Å²) in [7, 11) is 1.70. The van der Waals surface area contributed by atoms with E-state index in [1.165, 1.54) is 9.79 Å². The lowest BCUT2D eigenvalue weighted by Crippen LogP contribution is -1.86. The van der Waals surface area contributed by atoms with Crippen molar-refractivity contribution in [1.82, 2.24) is 0 Å². The number of rotatable bonds is 3. The topological polar surface area (TPSA) is 9.23 Å². The zero-order valence-electron chi connectivity index (χ0n) is 9.74. The molecule has 2 rings (SSSR count). The van der Waals surface area contributed by atoms with Gasteiger partial charge in [0.1, 0.15) is 5.75 Å². The van der Waals surface area contributed by atoms with Crippen molar-refractivity contribution in [3.05, 3.63) is 52.5 Å². The van der Waals surface area contributed by atoms with Gasteiger partial charge in [0.05, 0.1) is 7.11 Å².